The van der Waals surface area contributed by atoms with Crippen molar-refractivity contribution in [2.45, 2.75) is 23.7 Å². The van der Waals surface area contributed by atoms with E-state index >= 15 is 0 Å². The molecule has 0 radical (unpaired) electrons. The first-order valence-electron chi connectivity index (χ1n) is 6.22. The maximum atomic E-state index is 12.4. The Morgan fingerprint density at radius 1 is 1.37 bits per heavy atom. The van der Waals surface area contributed by atoms with Gasteiger partial charge in [-0.2, -0.15) is 0 Å². The van der Waals surface area contributed by atoms with Crippen molar-refractivity contribution in [1.82, 2.24) is 4.90 Å². The average Bonchev–Trinajstić information content (AvgIpc) is 2.95. The van der Waals surface area contributed by atoms with Crippen LogP contribution >= 0.6 is 15.9 Å². The first kappa shape index (κ1) is 14.1. The number of alkyl halides is 1. The van der Waals surface area contributed by atoms with E-state index in [0.717, 1.165) is 12.0 Å². The van der Waals surface area contributed by atoms with E-state index in [1.54, 1.807) is 4.90 Å². The van der Waals surface area contributed by atoms with Gasteiger partial charge in [0, 0.05) is 6.54 Å². The summed E-state index contributed by atoms with van der Waals surface area (Å²) in [6.45, 7) is 0.605. The van der Waals surface area contributed by atoms with Crippen molar-refractivity contribution < 1.29 is 14.3 Å². The van der Waals surface area contributed by atoms with E-state index in [0.29, 0.717) is 13.0 Å². The molecule has 1 aromatic carbocycles. The molecule has 4 nitrogen and oxygen atoms in total. The number of methoxy groups -OCH3 is 1. The molecule has 2 atom stereocenters. The zero-order valence-corrected chi connectivity index (χ0v) is 12.3. The molecule has 1 unspecified atom stereocenters. The number of hydrogen-bond acceptors (Lipinski definition) is 3. The van der Waals surface area contributed by atoms with Gasteiger partial charge in [0.25, 0.3) is 0 Å². The number of ether oxygens (including phenoxy) is 1. The largest absolute Gasteiger partial charge is 0.467 e. The number of likely N-dealkylation sites (tertiary alicyclic amines) is 1. The molecule has 0 spiro atoms. The van der Waals surface area contributed by atoms with Gasteiger partial charge in [0.2, 0.25) is 5.91 Å². The van der Waals surface area contributed by atoms with Crippen molar-refractivity contribution >= 4 is 27.8 Å². The third kappa shape index (κ3) is 2.97. The van der Waals surface area contributed by atoms with Gasteiger partial charge in [-0.05, 0) is 18.4 Å². The number of carbonyl (C=O) groups is 2. The molecule has 1 heterocycles. The fraction of sp³-hybridized carbons (Fsp3) is 0.429. The Morgan fingerprint density at radius 2 is 2.05 bits per heavy atom. The lowest BCUT2D eigenvalue weighted by Gasteiger charge is -2.25. The van der Waals surface area contributed by atoms with Crippen LogP contribution in [0.3, 0.4) is 0 Å². The van der Waals surface area contributed by atoms with Gasteiger partial charge in [-0.25, -0.2) is 4.79 Å². The third-order valence-corrected chi connectivity index (χ3v) is 4.24. The molecular formula is C14H16BrNO3. The van der Waals surface area contributed by atoms with Crippen LogP contribution in [0.4, 0.5) is 0 Å². The van der Waals surface area contributed by atoms with E-state index in [-0.39, 0.29) is 11.9 Å². The molecule has 0 saturated carbocycles. The highest BCUT2D eigenvalue weighted by atomic mass is 79.9. The lowest BCUT2D eigenvalue weighted by Crippen LogP contribution is -2.42. The summed E-state index contributed by atoms with van der Waals surface area (Å²) in [5.41, 5.74) is 0.892. The molecule has 1 aliphatic heterocycles. The minimum Gasteiger partial charge on any atom is -0.467 e. The Morgan fingerprint density at radius 3 is 2.68 bits per heavy atom. The van der Waals surface area contributed by atoms with Gasteiger partial charge in [0.15, 0.2) is 0 Å². The van der Waals surface area contributed by atoms with Crippen molar-refractivity contribution in [2.75, 3.05) is 13.7 Å². The minimum atomic E-state index is -0.443. The fourth-order valence-electron chi connectivity index (χ4n) is 2.32. The predicted octanol–water partition coefficient (Wildman–Crippen LogP) is 2.29. The van der Waals surface area contributed by atoms with Crippen molar-refractivity contribution in [2.24, 2.45) is 0 Å². The van der Waals surface area contributed by atoms with Crippen molar-refractivity contribution in [3.05, 3.63) is 35.9 Å². The molecule has 0 bridgehead atoms. The van der Waals surface area contributed by atoms with Gasteiger partial charge in [-0.15, -0.1) is 0 Å². The Balaban J connectivity index is 2.13. The molecule has 1 fully saturated rings. The summed E-state index contributed by atoms with van der Waals surface area (Å²) in [5, 5.41) is 0. The summed E-state index contributed by atoms with van der Waals surface area (Å²) >= 11 is 3.42. The summed E-state index contributed by atoms with van der Waals surface area (Å²) in [5.74, 6) is -0.419. The van der Waals surface area contributed by atoms with Gasteiger partial charge in [0.05, 0.1) is 7.11 Å². The Hall–Kier alpha value is -1.36. The number of rotatable bonds is 3. The standard InChI is InChI=1S/C14H16BrNO3/c1-19-14(18)11-8-5-9-16(11)13(17)12(15)10-6-3-2-4-7-10/h2-4,6-7,11-12H,5,8-9H2,1H3/t11-,12?/m0/s1. The molecule has 1 aromatic rings. The van der Waals surface area contributed by atoms with E-state index in [4.69, 9.17) is 4.74 Å². The zero-order valence-electron chi connectivity index (χ0n) is 10.7. The van der Waals surface area contributed by atoms with Crippen LogP contribution in [0.1, 0.15) is 23.2 Å². The molecule has 102 valence electrons. The maximum absolute atomic E-state index is 12.4. The van der Waals surface area contributed by atoms with Crippen LogP contribution in [-0.2, 0) is 14.3 Å². The lowest BCUT2D eigenvalue weighted by atomic mass is 10.1. The van der Waals surface area contributed by atoms with Crippen LogP contribution in [0.15, 0.2) is 30.3 Å². The molecule has 5 heteroatoms. The minimum absolute atomic E-state index is 0.0842. The summed E-state index contributed by atoms with van der Waals surface area (Å²) in [7, 11) is 1.35. The van der Waals surface area contributed by atoms with Crippen LogP contribution in [0.5, 0.6) is 0 Å². The molecule has 1 amide bonds. The number of halogens is 1. The van der Waals surface area contributed by atoms with E-state index < -0.39 is 10.9 Å². The van der Waals surface area contributed by atoms with Crippen LogP contribution < -0.4 is 0 Å². The quantitative estimate of drug-likeness (QED) is 0.632. The zero-order chi connectivity index (χ0) is 13.8. The molecule has 0 aliphatic carbocycles. The lowest BCUT2D eigenvalue weighted by molar-refractivity contribution is -0.150. The number of nitrogens with zero attached hydrogens (tertiary/aromatic N) is 1. The molecular weight excluding hydrogens is 310 g/mol. The summed E-state index contributed by atoms with van der Waals surface area (Å²) in [6.07, 6.45) is 1.51. The second-order valence-electron chi connectivity index (χ2n) is 4.49. The normalized spacial score (nSPS) is 20.1. The maximum Gasteiger partial charge on any atom is 0.328 e. The highest BCUT2D eigenvalue weighted by Crippen LogP contribution is 2.29. The Bertz CT molecular complexity index is 463. The fourth-order valence-corrected chi connectivity index (χ4v) is 2.89. The molecule has 0 N–H and O–H groups in total. The molecule has 0 aromatic heterocycles. The van der Waals surface area contributed by atoms with Gasteiger partial charge in [-0.3, -0.25) is 4.79 Å². The highest BCUT2D eigenvalue weighted by molar-refractivity contribution is 9.09. The van der Waals surface area contributed by atoms with Gasteiger partial charge in [-0.1, -0.05) is 46.3 Å². The molecule has 1 saturated heterocycles. The topological polar surface area (TPSA) is 46.6 Å². The summed E-state index contributed by atoms with van der Waals surface area (Å²) < 4.78 is 4.75. The van der Waals surface area contributed by atoms with Crippen LogP contribution in [0.25, 0.3) is 0 Å². The van der Waals surface area contributed by atoms with E-state index in [1.807, 2.05) is 30.3 Å². The molecule has 19 heavy (non-hydrogen) atoms. The number of hydrogen-bond donors (Lipinski definition) is 0. The first-order chi connectivity index (χ1) is 9.15. The number of carbonyl (C=O) groups excluding carboxylic acids is 2. The van der Waals surface area contributed by atoms with Gasteiger partial charge in [0.1, 0.15) is 10.9 Å². The second-order valence-corrected chi connectivity index (χ2v) is 5.40. The van der Waals surface area contributed by atoms with E-state index in [9.17, 15) is 9.59 Å². The van der Waals surface area contributed by atoms with Crippen molar-refractivity contribution in [3.8, 4) is 0 Å². The number of amides is 1. The highest BCUT2D eigenvalue weighted by Gasteiger charge is 2.37. The van der Waals surface area contributed by atoms with E-state index in [1.165, 1.54) is 7.11 Å². The van der Waals surface area contributed by atoms with E-state index in [2.05, 4.69) is 15.9 Å². The monoisotopic (exact) mass is 325 g/mol. The van der Waals surface area contributed by atoms with Crippen LogP contribution in [0, 0.1) is 0 Å². The number of benzene rings is 1. The Labute approximate surface area is 120 Å². The summed E-state index contributed by atoms with van der Waals surface area (Å²) in [4.78, 5) is 25.3. The molecule has 2 rings (SSSR count). The number of esters is 1. The van der Waals surface area contributed by atoms with Crippen molar-refractivity contribution in [3.63, 3.8) is 0 Å². The second kappa shape index (κ2) is 6.19. The Kier molecular flexibility index (Phi) is 4.58. The average molecular weight is 326 g/mol. The smallest absolute Gasteiger partial charge is 0.328 e. The van der Waals surface area contributed by atoms with Gasteiger partial charge < -0.3 is 9.64 Å². The predicted molar refractivity (Wildman–Crippen MR) is 74.9 cm³/mol. The first-order valence-corrected chi connectivity index (χ1v) is 7.14. The van der Waals surface area contributed by atoms with Crippen molar-refractivity contribution in [1.29, 1.82) is 0 Å². The van der Waals surface area contributed by atoms with Gasteiger partial charge >= 0.3 is 5.97 Å². The van der Waals surface area contributed by atoms with Crippen LogP contribution in [-0.4, -0.2) is 36.5 Å². The third-order valence-electron chi connectivity index (χ3n) is 3.32. The molecule has 1 aliphatic rings. The summed E-state index contributed by atoms with van der Waals surface area (Å²) in [6, 6.07) is 9.01. The SMILES string of the molecule is COC(=O)[C@@H]1CCCN1C(=O)C(Br)c1ccccc1. The van der Waals surface area contributed by atoms with Crippen LogP contribution in [0.2, 0.25) is 0 Å².